The van der Waals surface area contributed by atoms with E-state index < -0.39 is 5.92 Å². The van der Waals surface area contributed by atoms with E-state index in [-0.39, 0.29) is 35.6 Å². The summed E-state index contributed by atoms with van der Waals surface area (Å²) in [4.78, 5) is 29.7. The highest BCUT2D eigenvalue weighted by Crippen LogP contribution is 2.27. The van der Waals surface area contributed by atoms with E-state index in [0.29, 0.717) is 37.0 Å². The minimum Gasteiger partial charge on any atom is -0.367 e. The number of nitrogens with zero attached hydrogens (tertiary/aromatic N) is 2. The number of piperazine rings is 1. The van der Waals surface area contributed by atoms with Crippen molar-refractivity contribution < 1.29 is 14.0 Å². The molecule has 9 heteroatoms. The van der Waals surface area contributed by atoms with E-state index >= 15 is 0 Å². The Labute approximate surface area is 202 Å². The van der Waals surface area contributed by atoms with Gasteiger partial charge < -0.3 is 15.1 Å². The van der Waals surface area contributed by atoms with E-state index in [0.717, 1.165) is 11.3 Å². The second-order valence-corrected chi connectivity index (χ2v) is 9.91. The highest BCUT2D eigenvalue weighted by atomic mass is 35.5. The van der Waals surface area contributed by atoms with Crippen LogP contribution in [0.25, 0.3) is 0 Å². The monoisotopic (exact) mass is 490 g/mol. The normalized spacial score (nSPS) is 23.4. The van der Waals surface area contributed by atoms with Crippen LogP contribution in [0, 0.1) is 11.7 Å². The summed E-state index contributed by atoms with van der Waals surface area (Å²) in [5, 5.41) is 7.06. The van der Waals surface area contributed by atoms with E-state index in [1.165, 1.54) is 23.9 Å². The van der Waals surface area contributed by atoms with Gasteiger partial charge in [-0.1, -0.05) is 35.9 Å². The molecular formula is C24H28ClFN4O2S. The predicted molar refractivity (Wildman–Crippen MR) is 131 cm³/mol. The Morgan fingerprint density at radius 3 is 2.48 bits per heavy atom. The average molecular weight is 491 g/mol. The fraction of sp³-hybridized carbons (Fsp3) is 0.417. The van der Waals surface area contributed by atoms with Crippen LogP contribution in [0.4, 0.5) is 10.1 Å². The fourth-order valence-corrected chi connectivity index (χ4v) is 5.52. The van der Waals surface area contributed by atoms with Crippen molar-refractivity contribution in [3.8, 4) is 0 Å². The molecule has 0 aromatic heterocycles. The van der Waals surface area contributed by atoms with Crippen molar-refractivity contribution in [1.82, 2.24) is 15.5 Å². The van der Waals surface area contributed by atoms with Crippen molar-refractivity contribution in [2.24, 2.45) is 5.92 Å². The van der Waals surface area contributed by atoms with Crippen LogP contribution in [-0.2, 0) is 15.3 Å². The minimum atomic E-state index is -0.415. The third kappa shape index (κ3) is 5.99. The van der Waals surface area contributed by atoms with E-state index in [1.807, 2.05) is 36.1 Å². The molecule has 2 heterocycles. The molecule has 3 unspecified atom stereocenters. The summed E-state index contributed by atoms with van der Waals surface area (Å²) in [5.41, 5.74) is 1.72. The van der Waals surface area contributed by atoms with E-state index in [2.05, 4.69) is 15.5 Å². The van der Waals surface area contributed by atoms with Crippen molar-refractivity contribution in [3.63, 3.8) is 0 Å². The molecule has 0 bridgehead atoms. The van der Waals surface area contributed by atoms with Crippen LogP contribution in [0.1, 0.15) is 18.9 Å². The number of carbonyl (C=O) groups excluding carboxylic acids is 2. The Balaban J connectivity index is 1.25. The minimum absolute atomic E-state index is 0.0000221. The Hall–Kier alpha value is -2.29. The first kappa shape index (κ1) is 23.9. The molecule has 3 atom stereocenters. The number of halogens is 2. The first-order chi connectivity index (χ1) is 15.9. The molecule has 2 fully saturated rings. The SMILES string of the molecule is CC1NC(SCc2ccc(F)cc2)NC(=O)C1CC(=O)N1CCN(c2ccccc2Cl)CC1. The molecule has 2 amide bonds. The third-order valence-corrected chi connectivity index (χ3v) is 7.58. The number of hydrogen-bond donors (Lipinski definition) is 2. The fourth-order valence-electron chi connectivity index (χ4n) is 4.20. The maximum Gasteiger partial charge on any atom is 0.227 e. The largest absolute Gasteiger partial charge is 0.367 e. The first-order valence-corrected chi connectivity index (χ1v) is 12.5. The van der Waals surface area contributed by atoms with Crippen LogP contribution < -0.4 is 15.5 Å². The zero-order valence-electron chi connectivity index (χ0n) is 18.5. The molecule has 2 aromatic rings. The number of anilines is 1. The summed E-state index contributed by atoms with van der Waals surface area (Å²) in [6, 6.07) is 13.9. The average Bonchev–Trinajstić information content (AvgIpc) is 2.81. The number of benzene rings is 2. The highest BCUT2D eigenvalue weighted by Gasteiger charge is 2.36. The van der Waals surface area contributed by atoms with Crippen molar-refractivity contribution >= 4 is 40.9 Å². The number of hydrogen-bond acceptors (Lipinski definition) is 5. The number of para-hydroxylation sites is 1. The summed E-state index contributed by atoms with van der Waals surface area (Å²) >= 11 is 7.84. The Bertz CT molecular complexity index is 985. The van der Waals surface area contributed by atoms with Crippen LogP contribution in [0.15, 0.2) is 48.5 Å². The number of amides is 2. The van der Waals surface area contributed by atoms with Gasteiger partial charge in [-0.15, -0.1) is 11.8 Å². The predicted octanol–water partition coefficient (Wildman–Crippen LogP) is 3.46. The summed E-state index contributed by atoms with van der Waals surface area (Å²) < 4.78 is 13.1. The molecule has 2 aliphatic rings. The summed E-state index contributed by atoms with van der Waals surface area (Å²) in [5.74, 6) is -0.147. The lowest BCUT2D eigenvalue weighted by molar-refractivity contribution is -0.138. The molecule has 6 nitrogen and oxygen atoms in total. The zero-order valence-corrected chi connectivity index (χ0v) is 20.0. The van der Waals surface area contributed by atoms with E-state index in [4.69, 9.17) is 11.6 Å². The molecular weight excluding hydrogens is 463 g/mol. The Kier molecular flexibility index (Phi) is 7.78. The van der Waals surface area contributed by atoms with Crippen LogP contribution in [-0.4, -0.2) is 54.4 Å². The van der Waals surface area contributed by atoms with Gasteiger partial charge in [0.05, 0.1) is 16.6 Å². The molecule has 2 saturated heterocycles. The number of rotatable bonds is 6. The molecule has 33 heavy (non-hydrogen) atoms. The van der Waals surface area contributed by atoms with Gasteiger partial charge in [0.2, 0.25) is 11.8 Å². The van der Waals surface area contributed by atoms with Gasteiger partial charge in [-0.2, -0.15) is 0 Å². The third-order valence-electron chi connectivity index (χ3n) is 6.18. The first-order valence-electron chi connectivity index (χ1n) is 11.1. The maximum atomic E-state index is 13.1. The van der Waals surface area contributed by atoms with Gasteiger partial charge in [0.1, 0.15) is 11.3 Å². The molecule has 2 aromatic carbocycles. The standard InChI is InChI=1S/C24H28ClFN4O2S/c1-16-19(23(32)28-24(27-16)33-15-17-6-8-18(26)9-7-17)14-22(31)30-12-10-29(11-13-30)21-5-3-2-4-20(21)25/h2-9,16,19,24,27H,10-15H2,1H3,(H,28,32). The van der Waals surface area contributed by atoms with Crippen LogP contribution in [0.5, 0.6) is 0 Å². The molecule has 176 valence electrons. The van der Waals surface area contributed by atoms with Gasteiger partial charge in [0, 0.05) is 44.4 Å². The van der Waals surface area contributed by atoms with Crippen LogP contribution in [0.3, 0.4) is 0 Å². The second kappa shape index (κ2) is 10.8. The summed E-state index contributed by atoms with van der Waals surface area (Å²) in [6.45, 7) is 4.58. The van der Waals surface area contributed by atoms with Gasteiger partial charge in [-0.25, -0.2) is 4.39 Å². The smallest absolute Gasteiger partial charge is 0.227 e. The van der Waals surface area contributed by atoms with Gasteiger partial charge in [-0.05, 0) is 36.8 Å². The quantitative estimate of drug-likeness (QED) is 0.649. The van der Waals surface area contributed by atoms with Crippen LogP contribution in [0.2, 0.25) is 5.02 Å². The lowest BCUT2D eigenvalue weighted by atomic mass is 9.94. The van der Waals surface area contributed by atoms with E-state index in [1.54, 1.807) is 12.1 Å². The summed E-state index contributed by atoms with van der Waals surface area (Å²) in [6.07, 6.45) is 0.182. The van der Waals surface area contributed by atoms with Gasteiger partial charge >= 0.3 is 0 Å². The van der Waals surface area contributed by atoms with Crippen molar-refractivity contribution in [2.45, 2.75) is 30.6 Å². The molecule has 4 rings (SSSR count). The van der Waals surface area contributed by atoms with Crippen molar-refractivity contribution in [3.05, 3.63) is 64.9 Å². The Morgan fingerprint density at radius 2 is 1.82 bits per heavy atom. The van der Waals surface area contributed by atoms with Gasteiger partial charge in [0.15, 0.2) is 0 Å². The topological polar surface area (TPSA) is 64.7 Å². The molecule has 2 aliphatic heterocycles. The molecule has 0 spiro atoms. The van der Waals surface area contributed by atoms with Crippen molar-refractivity contribution in [1.29, 1.82) is 0 Å². The molecule has 2 N–H and O–H groups in total. The van der Waals surface area contributed by atoms with Crippen LogP contribution >= 0.6 is 23.4 Å². The van der Waals surface area contributed by atoms with Crippen molar-refractivity contribution in [2.75, 3.05) is 31.1 Å². The molecule has 0 radical (unpaired) electrons. The number of carbonyl (C=O) groups is 2. The highest BCUT2D eigenvalue weighted by molar-refractivity contribution is 7.99. The van der Waals surface area contributed by atoms with E-state index in [9.17, 15) is 14.0 Å². The van der Waals surface area contributed by atoms with Gasteiger partial charge in [-0.3, -0.25) is 14.9 Å². The van der Waals surface area contributed by atoms with Gasteiger partial charge in [0.25, 0.3) is 0 Å². The summed E-state index contributed by atoms with van der Waals surface area (Å²) in [7, 11) is 0. The Morgan fingerprint density at radius 1 is 1.12 bits per heavy atom. The second-order valence-electron chi connectivity index (χ2n) is 8.41. The molecule has 0 aliphatic carbocycles. The number of nitrogens with one attached hydrogen (secondary N) is 2. The lowest BCUT2D eigenvalue weighted by Gasteiger charge is -2.39. The molecule has 0 saturated carbocycles. The lowest BCUT2D eigenvalue weighted by Crippen LogP contribution is -2.60. The zero-order chi connectivity index (χ0) is 23.4. The number of thioether (sulfide) groups is 1. The maximum absolute atomic E-state index is 13.1.